The number of para-hydroxylation sites is 2. The number of benzene rings is 1. The summed E-state index contributed by atoms with van der Waals surface area (Å²) in [4.78, 5) is 25.2. The first kappa shape index (κ1) is 16.9. The van der Waals surface area contributed by atoms with E-state index in [0.717, 1.165) is 0 Å². The Morgan fingerprint density at radius 1 is 1.28 bits per heavy atom. The highest BCUT2D eigenvalue weighted by Crippen LogP contribution is 2.31. The number of hydrogen-bond donors (Lipinski definition) is 1. The summed E-state index contributed by atoms with van der Waals surface area (Å²) < 4.78 is 16.7. The predicted molar refractivity (Wildman–Crippen MR) is 88.1 cm³/mol. The number of fused-ring (bicyclic) bond motifs is 1. The van der Waals surface area contributed by atoms with Gasteiger partial charge in [-0.2, -0.15) is 0 Å². The van der Waals surface area contributed by atoms with Crippen LogP contribution in [-0.2, 0) is 11.2 Å². The van der Waals surface area contributed by atoms with Crippen molar-refractivity contribution in [3.63, 3.8) is 0 Å². The van der Waals surface area contributed by atoms with E-state index in [1.54, 1.807) is 14.0 Å². The minimum absolute atomic E-state index is 0.160. The van der Waals surface area contributed by atoms with Gasteiger partial charge in [-0.25, -0.2) is 0 Å². The first-order valence-electron chi connectivity index (χ1n) is 7.88. The lowest BCUT2D eigenvalue weighted by atomic mass is 10.1. The molecular weight excluding hydrogens is 326 g/mol. The van der Waals surface area contributed by atoms with Gasteiger partial charge in [0.25, 0.3) is 5.91 Å². The summed E-state index contributed by atoms with van der Waals surface area (Å²) in [7, 11) is 1.64. The summed E-state index contributed by atoms with van der Waals surface area (Å²) >= 11 is 0. The fourth-order valence-corrected chi connectivity index (χ4v) is 2.78. The Labute approximate surface area is 144 Å². The number of aryl methyl sites for hydroxylation is 1. The summed E-state index contributed by atoms with van der Waals surface area (Å²) in [6.07, 6.45) is 0.758. The molecule has 1 aliphatic rings. The van der Waals surface area contributed by atoms with Gasteiger partial charge in [-0.05, 0) is 19.1 Å². The minimum Gasteiger partial charge on any atom is -0.486 e. The highest BCUT2D eigenvalue weighted by Gasteiger charge is 2.27. The van der Waals surface area contributed by atoms with Gasteiger partial charge in [-0.1, -0.05) is 12.1 Å². The van der Waals surface area contributed by atoms with Crippen molar-refractivity contribution in [1.29, 1.82) is 0 Å². The molecule has 0 fully saturated rings. The molecule has 0 radical (unpaired) electrons. The second kappa shape index (κ2) is 6.88. The van der Waals surface area contributed by atoms with Gasteiger partial charge in [0.05, 0.1) is 18.4 Å². The maximum Gasteiger partial charge on any atom is 0.311 e. The van der Waals surface area contributed by atoms with Crippen molar-refractivity contribution in [3.05, 3.63) is 47.4 Å². The third-order valence-corrected chi connectivity index (χ3v) is 3.97. The molecule has 2 heterocycles. The summed E-state index contributed by atoms with van der Waals surface area (Å²) in [6, 6.07) is 7.36. The highest BCUT2D eigenvalue weighted by molar-refractivity contribution is 5.97. The fourth-order valence-electron chi connectivity index (χ4n) is 2.78. The first-order chi connectivity index (χ1) is 12.0. The fraction of sp³-hybridized carbons (Fsp3) is 0.333. The van der Waals surface area contributed by atoms with Crippen molar-refractivity contribution >= 4 is 11.9 Å². The maximum absolute atomic E-state index is 12.7. The van der Waals surface area contributed by atoms with E-state index in [1.165, 1.54) is 11.2 Å². The van der Waals surface area contributed by atoms with Crippen LogP contribution in [0.15, 0.2) is 34.9 Å². The molecule has 1 amide bonds. The number of amides is 1. The van der Waals surface area contributed by atoms with Crippen LogP contribution in [-0.4, -0.2) is 48.2 Å². The Bertz CT molecular complexity index is 797. The smallest absolute Gasteiger partial charge is 0.311 e. The van der Waals surface area contributed by atoms with E-state index >= 15 is 0 Å². The highest BCUT2D eigenvalue weighted by atomic mass is 16.6. The zero-order valence-electron chi connectivity index (χ0n) is 14.0. The molecule has 1 aliphatic heterocycles. The lowest BCUT2D eigenvalue weighted by Crippen LogP contribution is -2.42. The molecule has 0 aliphatic carbocycles. The molecule has 7 nitrogen and oxygen atoms in total. The van der Waals surface area contributed by atoms with Crippen molar-refractivity contribution in [2.24, 2.45) is 0 Å². The lowest BCUT2D eigenvalue weighted by molar-refractivity contribution is -0.136. The van der Waals surface area contributed by atoms with E-state index in [1.807, 2.05) is 24.3 Å². The van der Waals surface area contributed by atoms with E-state index in [4.69, 9.17) is 19.0 Å². The average molecular weight is 345 g/mol. The quantitative estimate of drug-likeness (QED) is 0.893. The van der Waals surface area contributed by atoms with E-state index < -0.39 is 5.97 Å². The van der Waals surface area contributed by atoms with Crippen molar-refractivity contribution in [1.82, 2.24) is 4.90 Å². The second-order valence-corrected chi connectivity index (χ2v) is 5.97. The van der Waals surface area contributed by atoms with Gasteiger partial charge < -0.3 is 23.9 Å². The van der Waals surface area contributed by atoms with Crippen LogP contribution in [0.25, 0.3) is 0 Å². The SMILES string of the molecule is Cc1coc(CC(=O)O)c1C(=O)N(C)CC1COc2ccccc2O1. The summed E-state index contributed by atoms with van der Waals surface area (Å²) in [5.74, 6) is 0.137. The van der Waals surface area contributed by atoms with Crippen molar-refractivity contribution in [2.75, 3.05) is 20.2 Å². The third kappa shape index (κ3) is 3.60. The molecule has 132 valence electrons. The Morgan fingerprint density at radius 3 is 2.72 bits per heavy atom. The molecule has 2 aromatic rings. The number of carboxylic acids is 1. The van der Waals surface area contributed by atoms with Gasteiger partial charge in [-0.3, -0.25) is 9.59 Å². The van der Waals surface area contributed by atoms with Gasteiger partial charge in [-0.15, -0.1) is 0 Å². The molecule has 0 bridgehead atoms. The molecular formula is C18H19NO6. The van der Waals surface area contributed by atoms with Crippen LogP contribution in [0.2, 0.25) is 0 Å². The molecule has 1 unspecified atom stereocenters. The standard InChI is InChI=1S/C18H19NO6/c1-11-9-23-15(7-16(20)21)17(11)18(22)19(2)8-12-10-24-13-5-3-4-6-14(13)25-12/h3-6,9,12H,7-8,10H2,1-2H3,(H,20,21). The number of carbonyl (C=O) groups is 2. The van der Waals surface area contributed by atoms with Gasteiger partial charge in [0, 0.05) is 12.6 Å². The molecule has 0 saturated heterocycles. The second-order valence-electron chi connectivity index (χ2n) is 5.97. The van der Waals surface area contributed by atoms with Crippen LogP contribution in [0.5, 0.6) is 11.5 Å². The Kier molecular flexibility index (Phi) is 4.65. The number of carbonyl (C=O) groups excluding carboxylic acids is 1. The molecule has 0 saturated carbocycles. The first-order valence-corrected chi connectivity index (χ1v) is 7.88. The number of likely N-dealkylation sites (N-methyl/N-ethyl adjacent to an activating group) is 1. The molecule has 1 aromatic heterocycles. The number of hydrogen-bond acceptors (Lipinski definition) is 5. The zero-order valence-corrected chi connectivity index (χ0v) is 14.0. The Morgan fingerprint density at radius 2 is 2.00 bits per heavy atom. The summed E-state index contributed by atoms with van der Waals surface area (Å²) in [5.41, 5.74) is 0.904. The van der Waals surface area contributed by atoms with Gasteiger partial charge in [0.1, 0.15) is 18.8 Å². The maximum atomic E-state index is 12.7. The molecule has 1 N–H and O–H groups in total. The van der Waals surface area contributed by atoms with Crippen molar-refractivity contribution in [3.8, 4) is 11.5 Å². The Hall–Kier alpha value is -2.96. The number of ether oxygens (including phenoxy) is 2. The van der Waals surface area contributed by atoms with Crippen LogP contribution in [0.1, 0.15) is 21.7 Å². The number of carboxylic acid groups (broad SMARTS) is 1. The van der Waals surface area contributed by atoms with E-state index in [0.29, 0.717) is 35.8 Å². The van der Waals surface area contributed by atoms with Gasteiger partial charge >= 0.3 is 5.97 Å². The molecule has 1 aromatic carbocycles. The van der Waals surface area contributed by atoms with E-state index in [9.17, 15) is 9.59 Å². The number of nitrogens with zero attached hydrogens (tertiary/aromatic N) is 1. The monoisotopic (exact) mass is 345 g/mol. The van der Waals surface area contributed by atoms with Crippen molar-refractivity contribution < 1.29 is 28.6 Å². The van der Waals surface area contributed by atoms with Gasteiger partial charge in [0.15, 0.2) is 17.6 Å². The van der Waals surface area contributed by atoms with Crippen LogP contribution in [0.4, 0.5) is 0 Å². The minimum atomic E-state index is -1.05. The normalized spacial score (nSPS) is 15.7. The summed E-state index contributed by atoms with van der Waals surface area (Å²) in [5, 5.41) is 8.95. The van der Waals surface area contributed by atoms with Crippen LogP contribution >= 0.6 is 0 Å². The van der Waals surface area contributed by atoms with Crippen molar-refractivity contribution in [2.45, 2.75) is 19.4 Å². The predicted octanol–water partition coefficient (Wildman–Crippen LogP) is 2.13. The van der Waals surface area contributed by atoms with Gasteiger partial charge in [0.2, 0.25) is 0 Å². The van der Waals surface area contributed by atoms with Crippen LogP contribution in [0, 0.1) is 6.92 Å². The lowest BCUT2D eigenvalue weighted by Gasteiger charge is -2.29. The van der Waals surface area contributed by atoms with Crippen LogP contribution in [0.3, 0.4) is 0 Å². The Balaban J connectivity index is 1.70. The van der Waals surface area contributed by atoms with E-state index in [2.05, 4.69) is 0 Å². The topological polar surface area (TPSA) is 89.2 Å². The molecule has 0 spiro atoms. The number of aliphatic carboxylic acids is 1. The van der Waals surface area contributed by atoms with E-state index in [-0.39, 0.29) is 24.2 Å². The summed E-state index contributed by atoms with van der Waals surface area (Å²) in [6.45, 7) is 2.36. The zero-order chi connectivity index (χ0) is 18.0. The molecule has 25 heavy (non-hydrogen) atoms. The van der Waals surface area contributed by atoms with Crippen LogP contribution < -0.4 is 9.47 Å². The average Bonchev–Trinajstić information content (AvgIpc) is 2.93. The number of rotatable bonds is 5. The number of furan rings is 1. The largest absolute Gasteiger partial charge is 0.486 e. The molecule has 1 atom stereocenters. The molecule has 3 rings (SSSR count). The third-order valence-electron chi connectivity index (χ3n) is 3.97. The molecule has 7 heteroatoms.